The second kappa shape index (κ2) is 46.0. The standard InChI is InChI=1S/C49H88NO7P/c1-3-5-7-9-11-13-15-17-19-20-21-22-23-24-25-26-27-29-31-33-35-37-39-41-44-54-46-48(47-56-58(52,53)55-45-43-50)57-49(51)42-40-38-36-34-32-30-28-18-16-14-12-10-8-6-4-2/h6,8,12,14-15,17-18,20-21,23-24,28,48H,3-5,7,9-11,13,16,19,22,25-27,29-47,50H2,1-2H3,(H,52,53)/b8-6-,14-12-,17-15-,21-20-,24-23-,28-18-. The molecule has 58 heavy (non-hydrogen) atoms. The van der Waals surface area contributed by atoms with E-state index in [1.54, 1.807) is 0 Å². The molecule has 0 heterocycles. The number of carbonyl (C=O) groups is 1. The molecular formula is C49H88NO7P. The van der Waals surface area contributed by atoms with Crippen molar-refractivity contribution >= 4 is 13.8 Å². The van der Waals surface area contributed by atoms with Gasteiger partial charge in [0.25, 0.3) is 0 Å². The maximum absolute atomic E-state index is 12.6. The molecule has 0 aliphatic rings. The molecule has 0 fully saturated rings. The molecule has 0 saturated carbocycles. The lowest BCUT2D eigenvalue weighted by Gasteiger charge is -2.20. The molecule has 0 saturated heterocycles. The van der Waals surface area contributed by atoms with Crippen LogP contribution in [0.5, 0.6) is 0 Å². The Kier molecular flexibility index (Phi) is 44.4. The van der Waals surface area contributed by atoms with Crippen LogP contribution in [-0.4, -0.2) is 49.9 Å². The van der Waals surface area contributed by atoms with Crippen molar-refractivity contribution in [3.05, 3.63) is 72.9 Å². The maximum atomic E-state index is 12.6. The summed E-state index contributed by atoms with van der Waals surface area (Å²) in [4.78, 5) is 22.5. The van der Waals surface area contributed by atoms with E-state index in [1.807, 2.05) is 0 Å². The quantitative estimate of drug-likeness (QED) is 0.0270. The van der Waals surface area contributed by atoms with Gasteiger partial charge in [0.1, 0.15) is 6.10 Å². The third kappa shape index (κ3) is 45.0. The molecule has 0 amide bonds. The molecule has 0 aliphatic carbocycles. The van der Waals surface area contributed by atoms with Crippen molar-refractivity contribution in [2.75, 3.05) is 33.0 Å². The summed E-state index contributed by atoms with van der Waals surface area (Å²) in [6, 6.07) is 0. The number of esters is 1. The first-order valence-corrected chi connectivity index (χ1v) is 24.9. The minimum Gasteiger partial charge on any atom is -0.457 e. The Morgan fingerprint density at radius 3 is 1.45 bits per heavy atom. The first-order valence-electron chi connectivity index (χ1n) is 23.4. The number of unbranched alkanes of at least 4 members (excludes halogenated alkanes) is 19. The van der Waals surface area contributed by atoms with Gasteiger partial charge in [0.05, 0.1) is 19.8 Å². The molecule has 3 N–H and O–H groups in total. The average Bonchev–Trinajstić information content (AvgIpc) is 3.21. The Morgan fingerprint density at radius 1 is 0.534 bits per heavy atom. The van der Waals surface area contributed by atoms with E-state index in [0.29, 0.717) is 13.0 Å². The lowest BCUT2D eigenvalue weighted by atomic mass is 10.1. The van der Waals surface area contributed by atoms with Gasteiger partial charge >= 0.3 is 13.8 Å². The van der Waals surface area contributed by atoms with Crippen molar-refractivity contribution in [2.24, 2.45) is 5.73 Å². The lowest BCUT2D eigenvalue weighted by Crippen LogP contribution is -2.28. The average molecular weight is 834 g/mol. The third-order valence-corrected chi connectivity index (χ3v) is 10.6. The molecule has 336 valence electrons. The summed E-state index contributed by atoms with van der Waals surface area (Å²) in [7, 11) is -4.29. The normalized spacial score (nSPS) is 14.1. The van der Waals surface area contributed by atoms with Crippen molar-refractivity contribution in [1.29, 1.82) is 0 Å². The summed E-state index contributed by atoms with van der Waals surface area (Å²) in [6.45, 7) is 4.75. The molecule has 0 spiro atoms. The van der Waals surface area contributed by atoms with E-state index in [9.17, 15) is 14.3 Å². The summed E-state index contributed by atoms with van der Waals surface area (Å²) in [5, 5.41) is 0. The summed E-state index contributed by atoms with van der Waals surface area (Å²) in [5.41, 5.74) is 5.37. The highest BCUT2D eigenvalue weighted by molar-refractivity contribution is 7.47. The number of phosphoric acid groups is 1. The van der Waals surface area contributed by atoms with Gasteiger partial charge in [-0.05, 0) is 83.5 Å². The SMILES string of the molecule is CC/C=C\C/C=C\C/C=C\CCCCCCCC(=O)OC(COCCCCCCCCCCC/C=C\C/C=C\C/C=C\CCCCCCC)COP(=O)(O)OCCN. The van der Waals surface area contributed by atoms with Gasteiger partial charge in [-0.25, -0.2) is 4.57 Å². The van der Waals surface area contributed by atoms with Crippen LogP contribution in [0.3, 0.4) is 0 Å². The molecule has 0 aromatic rings. The Labute approximate surface area is 356 Å². The topological polar surface area (TPSA) is 117 Å². The van der Waals surface area contributed by atoms with Crippen LogP contribution in [0.1, 0.15) is 194 Å². The molecule has 0 rings (SSSR count). The van der Waals surface area contributed by atoms with Crippen molar-refractivity contribution in [3.8, 4) is 0 Å². The molecule has 0 radical (unpaired) electrons. The molecule has 2 unspecified atom stereocenters. The number of ether oxygens (including phenoxy) is 2. The fourth-order valence-electron chi connectivity index (χ4n) is 6.19. The zero-order valence-corrected chi connectivity index (χ0v) is 38.2. The zero-order valence-electron chi connectivity index (χ0n) is 37.3. The van der Waals surface area contributed by atoms with Gasteiger partial charge in [0.15, 0.2) is 0 Å². The summed E-state index contributed by atoms with van der Waals surface area (Å²) < 4.78 is 33.5. The highest BCUT2D eigenvalue weighted by Gasteiger charge is 2.25. The molecule has 2 atom stereocenters. The monoisotopic (exact) mass is 834 g/mol. The van der Waals surface area contributed by atoms with E-state index in [1.165, 1.54) is 89.9 Å². The number of allylic oxidation sites excluding steroid dienone is 12. The van der Waals surface area contributed by atoms with Gasteiger partial charge in [-0.15, -0.1) is 0 Å². The summed E-state index contributed by atoms with van der Waals surface area (Å²) >= 11 is 0. The Balaban J connectivity index is 4.00. The van der Waals surface area contributed by atoms with E-state index in [0.717, 1.165) is 83.5 Å². The molecule has 0 aliphatic heterocycles. The predicted molar refractivity (Wildman–Crippen MR) is 247 cm³/mol. The number of hydrogen-bond acceptors (Lipinski definition) is 7. The number of phosphoric ester groups is 1. The zero-order chi connectivity index (χ0) is 42.3. The maximum Gasteiger partial charge on any atom is 0.472 e. The van der Waals surface area contributed by atoms with E-state index < -0.39 is 13.9 Å². The van der Waals surface area contributed by atoms with Crippen molar-refractivity contribution in [2.45, 2.75) is 200 Å². The number of rotatable bonds is 44. The molecular weight excluding hydrogens is 746 g/mol. The Hall–Kier alpha value is -2.06. The van der Waals surface area contributed by atoms with Gasteiger partial charge in [0.2, 0.25) is 0 Å². The smallest absolute Gasteiger partial charge is 0.457 e. The predicted octanol–water partition coefficient (Wildman–Crippen LogP) is 14.3. The van der Waals surface area contributed by atoms with E-state index in [-0.39, 0.29) is 32.3 Å². The fraction of sp³-hybridized carbons (Fsp3) is 0.735. The van der Waals surface area contributed by atoms with Crippen LogP contribution < -0.4 is 5.73 Å². The van der Waals surface area contributed by atoms with Crippen LogP contribution in [0, 0.1) is 0 Å². The molecule has 8 nitrogen and oxygen atoms in total. The largest absolute Gasteiger partial charge is 0.472 e. The van der Waals surface area contributed by atoms with Gasteiger partial charge in [0, 0.05) is 19.6 Å². The first kappa shape index (κ1) is 55.9. The number of nitrogens with two attached hydrogens (primary N) is 1. The third-order valence-electron chi connectivity index (χ3n) is 9.61. The molecule has 0 aromatic carbocycles. The van der Waals surface area contributed by atoms with Gasteiger partial charge in [-0.1, -0.05) is 177 Å². The van der Waals surface area contributed by atoms with Crippen LogP contribution in [0.2, 0.25) is 0 Å². The van der Waals surface area contributed by atoms with Crippen LogP contribution in [0.4, 0.5) is 0 Å². The second-order valence-electron chi connectivity index (χ2n) is 15.2. The lowest BCUT2D eigenvalue weighted by molar-refractivity contribution is -0.154. The van der Waals surface area contributed by atoms with E-state index >= 15 is 0 Å². The summed E-state index contributed by atoms with van der Waals surface area (Å²) in [5.74, 6) is -0.351. The summed E-state index contributed by atoms with van der Waals surface area (Å²) in [6.07, 6.45) is 57.8. The van der Waals surface area contributed by atoms with Crippen LogP contribution >= 0.6 is 7.82 Å². The minimum atomic E-state index is -4.29. The van der Waals surface area contributed by atoms with Crippen LogP contribution in [-0.2, 0) is 27.9 Å². The highest BCUT2D eigenvalue weighted by Crippen LogP contribution is 2.43. The Bertz CT molecular complexity index is 1120. The molecule has 9 heteroatoms. The number of carbonyl (C=O) groups excluding carboxylic acids is 1. The van der Waals surface area contributed by atoms with Crippen molar-refractivity contribution < 1.29 is 32.8 Å². The van der Waals surface area contributed by atoms with Crippen molar-refractivity contribution in [1.82, 2.24) is 0 Å². The van der Waals surface area contributed by atoms with Gasteiger partial charge in [-0.2, -0.15) is 0 Å². The fourth-order valence-corrected chi connectivity index (χ4v) is 6.96. The van der Waals surface area contributed by atoms with Crippen LogP contribution in [0.25, 0.3) is 0 Å². The van der Waals surface area contributed by atoms with Crippen molar-refractivity contribution in [3.63, 3.8) is 0 Å². The van der Waals surface area contributed by atoms with Gasteiger partial charge < -0.3 is 20.1 Å². The highest BCUT2D eigenvalue weighted by atomic mass is 31.2. The van der Waals surface area contributed by atoms with Gasteiger partial charge in [-0.3, -0.25) is 13.8 Å². The second-order valence-corrected chi connectivity index (χ2v) is 16.7. The molecule has 0 aromatic heterocycles. The van der Waals surface area contributed by atoms with E-state index in [2.05, 4.69) is 86.8 Å². The van der Waals surface area contributed by atoms with Crippen LogP contribution in [0.15, 0.2) is 72.9 Å². The molecule has 0 bridgehead atoms. The van der Waals surface area contributed by atoms with E-state index in [4.69, 9.17) is 24.3 Å². The minimum absolute atomic E-state index is 0.0928. The number of hydrogen-bond donors (Lipinski definition) is 2. The Morgan fingerprint density at radius 2 is 0.966 bits per heavy atom. The first-order chi connectivity index (χ1) is 28.4.